The zero-order valence-corrected chi connectivity index (χ0v) is 19.2. The largest absolute Gasteiger partial charge is 0.497 e. The summed E-state index contributed by atoms with van der Waals surface area (Å²) < 4.78 is 44.1. The van der Waals surface area contributed by atoms with E-state index < -0.39 is 9.84 Å². The van der Waals surface area contributed by atoms with Gasteiger partial charge in [0.1, 0.15) is 11.5 Å². The van der Waals surface area contributed by atoms with Crippen LogP contribution in [0.2, 0.25) is 0 Å². The number of aromatic nitrogens is 1. The van der Waals surface area contributed by atoms with Gasteiger partial charge in [-0.15, -0.1) is 0 Å². The van der Waals surface area contributed by atoms with Crippen molar-refractivity contribution in [1.29, 1.82) is 0 Å². The molecule has 1 aliphatic heterocycles. The minimum atomic E-state index is -3.90. The third kappa shape index (κ3) is 4.60. The van der Waals surface area contributed by atoms with E-state index in [0.717, 1.165) is 38.8 Å². The highest BCUT2D eigenvalue weighted by molar-refractivity contribution is 7.91. The van der Waals surface area contributed by atoms with Crippen molar-refractivity contribution in [3.63, 3.8) is 0 Å². The minimum Gasteiger partial charge on any atom is -0.497 e. The summed E-state index contributed by atoms with van der Waals surface area (Å²) in [5, 5.41) is -0.0543. The number of rotatable bonds is 7. The fourth-order valence-corrected chi connectivity index (χ4v) is 5.14. The summed E-state index contributed by atoms with van der Waals surface area (Å²) in [5.74, 6) is 1.83. The molecule has 3 aromatic rings. The van der Waals surface area contributed by atoms with Crippen LogP contribution >= 0.6 is 0 Å². The molecule has 0 radical (unpaired) electrons. The third-order valence-corrected chi connectivity index (χ3v) is 7.16. The minimum absolute atomic E-state index is 0.0543. The molecule has 2 heterocycles. The van der Waals surface area contributed by atoms with Crippen LogP contribution in [0.25, 0.3) is 11.5 Å². The van der Waals surface area contributed by atoms with Crippen molar-refractivity contribution >= 4 is 15.7 Å². The van der Waals surface area contributed by atoms with E-state index in [1.54, 1.807) is 37.4 Å². The maximum absolute atomic E-state index is 13.6. The predicted octanol–water partition coefficient (Wildman–Crippen LogP) is 4.96. The lowest BCUT2D eigenvalue weighted by molar-refractivity contribution is 0.340. The number of methoxy groups -OCH3 is 1. The molecule has 4 rings (SSSR count). The van der Waals surface area contributed by atoms with Crippen LogP contribution in [0.5, 0.6) is 11.5 Å². The maximum atomic E-state index is 13.6. The molecule has 0 aliphatic carbocycles. The molecule has 7 nitrogen and oxygen atoms in total. The summed E-state index contributed by atoms with van der Waals surface area (Å²) in [6.45, 7) is 3.86. The molecular weight excluding hydrogens is 428 g/mol. The molecule has 32 heavy (non-hydrogen) atoms. The summed E-state index contributed by atoms with van der Waals surface area (Å²) in [6.07, 6.45) is 4.21. The Morgan fingerprint density at radius 3 is 2.38 bits per heavy atom. The van der Waals surface area contributed by atoms with Gasteiger partial charge in [0.15, 0.2) is 0 Å². The fourth-order valence-electron chi connectivity index (χ4n) is 3.82. The summed E-state index contributed by atoms with van der Waals surface area (Å²) >= 11 is 0. The Morgan fingerprint density at radius 1 is 1.00 bits per heavy atom. The van der Waals surface area contributed by atoms with Crippen LogP contribution in [-0.2, 0) is 9.84 Å². The summed E-state index contributed by atoms with van der Waals surface area (Å²) in [6, 6.07) is 13.7. The average molecular weight is 457 g/mol. The molecule has 2 aromatic carbocycles. The van der Waals surface area contributed by atoms with E-state index in [2.05, 4.69) is 4.98 Å². The van der Waals surface area contributed by atoms with Gasteiger partial charge in [-0.05, 0) is 62.2 Å². The number of oxazole rings is 1. The number of nitrogens with zero attached hydrogens (tertiary/aromatic N) is 2. The van der Waals surface area contributed by atoms with Gasteiger partial charge in [0.2, 0.25) is 26.6 Å². The lowest BCUT2D eigenvalue weighted by Crippen LogP contribution is -2.25. The molecule has 0 spiro atoms. The molecular formula is C24H28N2O5S. The van der Waals surface area contributed by atoms with E-state index in [1.807, 2.05) is 30.0 Å². The second-order valence-corrected chi connectivity index (χ2v) is 9.54. The van der Waals surface area contributed by atoms with Crippen LogP contribution in [0.15, 0.2) is 62.9 Å². The smallest absolute Gasteiger partial charge is 0.236 e. The van der Waals surface area contributed by atoms with E-state index >= 15 is 0 Å². The Bertz CT molecular complexity index is 1150. The molecule has 8 heteroatoms. The topological polar surface area (TPSA) is 81.9 Å². The first-order valence-corrected chi connectivity index (χ1v) is 12.4. The monoisotopic (exact) mass is 456 g/mol. The molecule has 0 amide bonds. The van der Waals surface area contributed by atoms with Gasteiger partial charge in [0, 0.05) is 18.7 Å². The second kappa shape index (κ2) is 9.65. The van der Waals surface area contributed by atoms with Crippen molar-refractivity contribution in [3.05, 3.63) is 48.5 Å². The van der Waals surface area contributed by atoms with Crippen LogP contribution in [0.3, 0.4) is 0 Å². The zero-order valence-electron chi connectivity index (χ0n) is 18.4. The standard InChI is InChI=1S/C24H28N2O5S/c1-3-30-19-11-13-21(14-12-19)32(27,28)23-24(26-15-6-4-5-7-16-26)31-22(25-23)18-9-8-10-20(17-18)29-2/h8-14,17H,3-7,15-16H2,1-2H3. The van der Waals surface area contributed by atoms with Crippen molar-refractivity contribution in [3.8, 4) is 23.0 Å². The van der Waals surface area contributed by atoms with E-state index in [0.29, 0.717) is 29.6 Å². The first-order chi connectivity index (χ1) is 15.5. The quantitative estimate of drug-likeness (QED) is 0.497. The van der Waals surface area contributed by atoms with Gasteiger partial charge in [0.05, 0.1) is 18.6 Å². The Hall–Kier alpha value is -3.00. The number of anilines is 1. The summed E-state index contributed by atoms with van der Waals surface area (Å²) in [5.41, 5.74) is 0.661. The highest BCUT2D eigenvalue weighted by atomic mass is 32.2. The van der Waals surface area contributed by atoms with Crippen molar-refractivity contribution in [1.82, 2.24) is 4.98 Å². The second-order valence-electron chi connectivity index (χ2n) is 7.67. The Labute approximate surface area is 188 Å². The molecule has 0 unspecified atom stereocenters. The molecule has 0 N–H and O–H groups in total. The van der Waals surface area contributed by atoms with Crippen molar-refractivity contribution in [2.75, 3.05) is 31.7 Å². The molecule has 0 saturated carbocycles. The molecule has 170 valence electrons. The van der Waals surface area contributed by atoms with Gasteiger partial charge in [-0.3, -0.25) is 0 Å². The third-order valence-electron chi connectivity index (χ3n) is 5.49. The number of benzene rings is 2. The van der Waals surface area contributed by atoms with Gasteiger partial charge in [-0.2, -0.15) is 4.98 Å². The lowest BCUT2D eigenvalue weighted by Gasteiger charge is -2.20. The molecule has 1 saturated heterocycles. The molecule has 1 fully saturated rings. The SMILES string of the molecule is CCOc1ccc(S(=O)(=O)c2nc(-c3cccc(OC)c3)oc2N2CCCCCC2)cc1. The van der Waals surface area contributed by atoms with Gasteiger partial charge < -0.3 is 18.8 Å². The van der Waals surface area contributed by atoms with Gasteiger partial charge in [0.25, 0.3) is 0 Å². The number of hydrogen-bond acceptors (Lipinski definition) is 7. The molecule has 0 atom stereocenters. The number of hydrogen-bond donors (Lipinski definition) is 0. The summed E-state index contributed by atoms with van der Waals surface area (Å²) in [7, 11) is -2.32. The normalized spacial score (nSPS) is 14.8. The number of sulfone groups is 1. The van der Waals surface area contributed by atoms with Crippen LogP contribution in [-0.4, -0.2) is 40.2 Å². The van der Waals surface area contributed by atoms with Crippen LogP contribution < -0.4 is 14.4 Å². The van der Waals surface area contributed by atoms with Gasteiger partial charge in [-0.1, -0.05) is 18.9 Å². The van der Waals surface area contributed by atoms with Gasteiger partial charge in [-0.25, -0.2) is 8.42 Å². The van der Waals surface area contributed by atoms with E-state index in [9.17, 15) is 8.42 Å². The summed E-state index contributed by atoms with van der Waals surface area (Å²) in [4.78, 5) is 6.65. The van der Waals surface area contributed by atoms with Crippen molar-refractivity contribution in [2.24, 2.45) is 0 Å². The molecule has 1 aliphatic rings. The lowest BCUT2D eigenvalue weighted by atomic mass is 10.2. The fraction of sp³-hybridized carbons (Fsp3) is 0.375. The Balaban J connectivity index is 1.80. The first-order valence-electron chi connectivity index (χ1n) is 10.9. The van der Waals surface area contributed by atoms with E-state index in [-0.39, 0.29) is 15.8 Å². The molecule has 0 bridgehead atoms. The Morgan fingerprint density at radius 2 is 1.72 bits per heavy atom. The van der Waals surface area contributed by atoms with Gasteiger partial charge >= 0.3 is 0 Å². The van der Waals surface area contributed by atoms with E-state index in [4.69, 9.17) is 13.9 Å². The van der Waals surface area contributed by atoms with Crippen molar-refractivity contribution < 1.29 is 22.3 Å². The van der Waals surface area contributed by atoms with Crippen LogP contribution in [0.4, 0.5) is 5.88 Å². The predicted molar refractivity (Wildman–Crippen MR) is 122 cm³/mol. The Kier molecular flexibility index (Phi) is 6.69. The van der Waals surface area contributed by atoms with Crippen LogP contribution in [0.1, 0.15) is 32.6 Å². The number of ether oxygens (including phenoxy) is 2. The highest BCUT2D eigenvalue weighted by Crippen LogP contribution is 2.36. The maximum Gasteiger partial charge on any atom is 0.236 e. The van der Waals surface area contributed by atoms with Crippen LogP contribution in [0, 0.1) is 0 Å². The molecule has 1 aromatic heterocycles. The van der Waals surface area contributed by atoms with E-state index in [1.165, 1.54) is 0 Å². The highest BCUT2D eigenvalue weighted by Gasteiger charge is 2.31. The first kappa shape index (κ1) is 22.2. The average Bonchev–Trinajstić information content (AvgIpc) is 3.10. The van der Waals surface area contributed by atoms with Crippen molar-refractivity contribution in [2.45, 2.75) is 42.5 Å². The zero-order chi connectivity index (χ0) is 22.6.